The van der Waals surface area contributed by atoms with Gasteiger partial charge in [-0.1, -0.05) is 17.6 Å². The van der Waals surface area contributed by atoms with Gasteiger partial charge in [0.05, 0.1) is 35.3 Å². The van der Waals surface area contributed by atoms with Gasteiger partial charge in [0, 0.05) is 19.4 Å². The lowest BCUT2D eigenvalue weighted by atomic mass is 9.64. The maximum atomic E-state index is 5.60. The molecule has 0 unspecified atom stereocenters. The van der Waals surface area contributed by atoms with E-state index < -0.39 is 0 Å². The Balaban J connectivity index is 1.47. The van der Waals surface area contributed by atoms with Gasteiger partial charge in [-0.05, 0) is 24.5 Å². The molecule has 0 aliphatic heterocycles. The number of anilines is 1. The van der Waals surface area contributed by atoms with Crippen LogP contribution >= 0.6 is 0 Å². The average Bonchev–Trinajstić information content (AvgIpc) is 3.32. The molecule has 0 spiro atoms. The van der Waals surface area contributed by atoms with Crippen LogP contribution in [0.15, 0.2) is 47.6 Å². The monoisotopic (exact) mass is 374 g/mol. The maximum absolute atomic E-state index is 5.60. The number of aryl methyl sites for hydroxylation is 1. The first kappa shape index (κ1) is 16.5. The zero-order chi connectivity index (χ0) is 19.1. The van der Waals surface area contributed by atoms with E-state index in [4.69, 9.17) is 10.3 Å². The number of nitrogens with zero attached hydrogens (tertiary/aromatic N) is 7. The van der Waals surface area contributed by atoms with Gasteiger partial charge in [-0.25, -0.2) is 9.97 Å². The van der Waals surface area contributed by atoms with Gasteiger partial charge in [0.2, 0.25) is 0 Å². The zero-order valence-corrected chi connectivity index (χ0v) is 15.3. The van der Waals surface area contributed by atoms with E-state index in [1.54, 1.807) is 17.1 Å². The lowest BCUT2D eigenvalue weighted by Gasteiger charge is -2.39. The van der Waals surface area contributed by atoms with Crippen molar-refractivity contribution in [3.05, 3.63) is 54.5 Å². The fraction of sp³-hybridized carbons (Fsp3) is 0.263. The van der Waals surface area contributed by atoms with Crippen molar-refractivity contribution in [1.29, 1.82) is 0 Å². The van der Waals surface area contributed by atoms with Crippen LogP contribution in [0.1, 0.15) is 30.7 Å². The summed E-state index contributed by atoms with van der Waals surface area (Å²) in [5.74, 6) is 1.56. The van der Waals surface area contributed by atoms with Crippen molar-refractivity contribution in [1.82, 2.24) is 34.9 Å². The smallest absolute Gasteiger partial charge is 0.261 e. The molecule has 1 saturated carbocycles. The molecule has 1 aliphatic carbocycles. The van der Waals surface area contributed by atoms with E-state index in [2.05, 4.69) is 36.3 Å². The summed E-state index contributed by atoms with van der Waals surface area (Å²) in [7, 11) is 1.85. The van der Waals surface area contributed by atoms with Crippen LogP contribution in [0.4, 0.5) is 5.82 Å². The summed E-state index contributed by atoms with van der Waals surface area (Å²) in [5.41, 5.74) is 8.65. The normalized spacial score (nSPS) is 15.3. The second kappa shape index (κ2) is 6.22. The van der Waals surface area contributed by atoms with E-state index in [0.717, 1.165) is 36.1 Å². The number of rotatable bonds is 4. The van der Waals surface area contributed by atoms with Crippen molar-refractivity contribution in [2.24, 2.45) is 7.05 Å². The molecule has 2 N–H and O–H groups in total. The van der Waals surface area contributed by atoms with Crippen LogP contribution in [-0.2, 0) is 12.5 Å². The van der Waals surface area contributed by atoms with E-state index >= 15 is 0 Å². The summed E-state index contributed by atoms with van der Waals surface area (Å²) in [5, 5.41) is 8.44. The van der Waals surface area contributed by atoms with Crippen LogP contribution in [0.25, 0.3) is 22.8 Å². The molecule has 140 valence electrons. The fourth-order valence-corrected chi connectivity index (χ4v) is 3.54. The van der Waals surface area contributed by atoms with Gasteiger partial charge in [-0.3, -0.25) is 9.67 Å². The van der Waals surface area contributed by atoms with Gasteiger partial charge < -0.3 is 10.3 Å². The van der Waals surface area contributed by atoms with E-state index in [9.17, 15) is 0 Å². The van der Waals surface area contributed by atoms with Gasteiger partial charge in [0.25, 0.3) is 5.89 Å². The molecule has 9 heteroatoms. The van der Waals surface area contributed by atoms with E-state index in [1.807, 2.05) is 25.5 Å². The summed E-state index contributed by atoms with van der Waals surface area (Å²) < 4.78 is 7.22. The molecule has 0 atom stereocenters. The number of aromatic nitrogens is 7. The second-order valence-electron chi connectivity index (χ2n) is 7.02. The minimum atomic E-state index is -0.262. The Hall–Kier alpha value is -3.62. The summed E-state index contributed by atoms with van der Waals surface area (Å²) in [4.78, 5) is 17.6. The molecule has 0 aromatic carbocycles. The molecule has 1 fully saturated rings. The molecule has 4 aromatic rings. The number of pyridine rings is 1. The lowest BCUT2D eigenvalue weighted by molar-refractivity contribution is 0.272. The Kier molecular flexibility index (Phi) is 3.68. The summed E-state index contributed by atoms with van der Waals surface area (Å²) in [6.07, 6.45) is 11.6. The van der Waals surface area contributed by atoms with Gasteiger partial charge in [0.15, 0.2) is 5.82 Å². The number of nitrogens with two attached hydrogens (primary N) is 1. The Morgan fingerprint density at radius 2 is 1.89 bits per heavy atom. The minimum Gasteiger partial charge on any atom is -0.382 e. The summed E-state index contributed by atoms with van der Waals surface area (Å²) >= 11 is 0. The highest BCUT2D eigenvalue weighted by Crippen LogP contribution is 2.48. The molecule has 0 amide bonds. The van der Waals surface area contributed by atoms with E-state index in [1.165, 1.54) is 6.20 Å². The Bertz CT molecular complexity index is 1110. The highest BCUT2D eigenvalue weighted by Gasteiger charge is 2.45. The van der Waals surface area contributed by atoms with Crippen LogP contribution in [0.2, 0.25) is 0 Å². The van der Waals surface area contributed by atoms with Gasteiger partial charge in [0.1, 0.15) is 11.5 Å². The Morgan fingerprint density at radius 1 is 1.04 bits per heavy atom. The van der Waals surface area contributed by atoms with Gasteiger partial charge in [-0.15, -0.1) is 0 Å². The number of nitrogen functional groups attached to an aromatic ring is 1. The second-order valence-corrected chi connectivity index (χ2v) is 7.02. The third-order valence-electron chi connectivity index (χ3n) is 5.26. The molecular formula is C19H18N8O. The lowest BCUT2D eigenvalue weighted by Crippen LogP contribution is -2.36. The van der Waals surface area contributed by atoms with Crippen molar-refractivity contribution >= 4 is 5.82 Å². The first-order chi connectivity index (χ1) is 13.6. The van der Waals surface area contributed by atoms with E-state index in [0.29, 0.717) is 23.2 Å². The largest absolute Gasteiger partial charge is 0.382 e. The summed E-state index contributed by atoms with van der Waals surface area (Å²) in [6.45, 7) is 0. The third kappa shape index (κ3) is 2.63. The molecule has 4 heterocycles. The molecule has 28 heavy (non-hydrogen) atoms. The predicted octanol–water partition coefficient (Wildman–Crippen LogP) is 2.37. The van der Waals surface area contributed by atoms with Crippen molar-refractivity contribution < 1.29 is 4.52 Å². The van der Waals surface area contributed by atoms with Crippen LogP contribution in [-0.4, -0.2) is 34.9 Å². The van der Waals surface area contributed by atoms with Crippen LogP contribution in [0, 0.1) is 0 Å². The van der Waals surface area contributed by atoms with Crippen molar-refractivity contribution in [3.63, 3.8) is 0 Å². The first-order valence-corrected chi connectivity index (χ1v) is 9.02. The van der Waals surface area contributed by atoms with Gasteiger partial charge in [-0.2, -0.15) is 10.1 Å². The van der Waals surface area contributed by atoms with Crippen molar-refractivity contribution in [3.8, 4) is 22.8 Å². The van der Waals surface area contributed by atoms with Crippen LogP contribution in [0.5, 0.6) is 0 Å². The van der Waals surface area contributed by atoms with Gasteiger partial charge >= 0.3 is 0 Å². The highest BCUT2D eigenvalue weighted by molar-refractivity contribution is 5.55. The molecular weight excluding hydrogens is 356 g/mol. The fourth-order valence-electron chi connectivity index (χ4n) is 3.54. The molecule has 0 radical (unpaired) electrons. The highest BCUT2D eigenvalue weighted by atomic mass is 16.5. The molecule has 0 saturated heterocycles. The number of hydrogen-bond donors (Lipinski definition) is 1. The molecule has 9 nitrogen and oxygen atoms in total. The zero-order valence-electron chi connectivity index (χ0n) is 15.3. The Morgan fingerprint density at radius 3 is 2.50 bits per heavy atom. The number of hydrogen-bond acceptors (Lipinski definition) is 8. The summed E-state index contributed by atoms with van der Waals surface area (Å²) in [6, 6.07) is 4.00. The van der Waals surface area contributed by atoms with Crippen molar-refractivity contribution in [2.75, 3.05) is 5.73 Å². The van der Waals surface area contributed by atoms with E-state index in [-0.39, 0.29) is 5.41 Å². The SMILES string of the molecule is Cn1cc(-c2nc(C3(c4ccc(-c5cnc(N)cn5)nc4)CCC3)no2)cn1. The molecule has 5 rings (SSSR count). The average molecular weight is 374 g/mol. The van der Waals surface area contributed by atoms with Crippen molar-refractivity contribution in [2.45, 2.75) is 24.7 Å². The first-order valence-electron chi connectivity index (χ1n) is 9.02. The maximum Gasteiger partial charge on any atom is 0.261 e. The van der Waals surface area contributed by atoms with Crippen LogP contribution in [0.3, 0.4) is 0 Å². The quantitative estimate of drug-likeness (QED) is 0.578. The molecule has 4 aromatic heterocycles. The molecule has 1 aliphatic rings. The van der Waals surface area contributed by atoms with Crippen LogP contribution < -0.4 is 5.73 Å². The standard InChI is InChI=1S/C19H18N8O/c1-27-11-12(7-24-27)17-25-18(26-28-17)19(5-2-6-19)13-3-4-14(21-8-13)15-9-23-16(20)10-22-15/h3-4,7-11H,2,5-6H2,1H3,(H2,20,23). The topological polar surface area (TPSA) is 121 Å². The predicted molar refractivity (Wildman–Crippen MR) is 101 cm³/mol. The third-order valence-corrected chi connectivity index (χ3v) is 5.26. The minimum absolute atomic E-state index is 0.262. The Labute approximate surface area is 160 Å². The molecule has 0 bridgehead atoms.